The van der Waals surface area contributed by atoms with E-state index in [2.05, 4.69) is 22.8 Å². The van der Waals surface area contributed by atoms with Crippen LogP contribution in [0.5, 0.6) is 0 Å². The van der Waals surface area contributed by atoms with Gasteiger partial charge in [0.2, 0.25) is 14.3 Å². The number of hydrogen-bond donors (Lipinski definition) is 0. The maximum atomic E-state index is 12.1. The third-order valence-corrected chi connectivity index (χ3v) is 6.56. The molecule has 1 aliphatic rings. The van der Waals surface area contributed by atoms with E-state index < -0.39 is 8.38 Å². The maximum absolute atomic E-state index is 12.1. The van der Waals surface area contributed by atoms with Crippen molar-refractivity contribution in [2.24, 2.45) is 5.92 Å². The van der Waals surface area contributed by atoms with Crippen LogP contribution in [0.15, 0.2) is 0 Å². The molecule has 0 aromatic heterocycles. The summed E-state index contributed by atoms with van der Waals surface area (Å²) in [6.07, 6.45) is 1.82. The molecule has 0 aliphatic carbocycles. The number of carbonyl (C=O) groups excluding carboxylic acids is 1. The van der Waals surface area contributed by atoms with Crippen molar-refractivity contribution < 1.29 is 13.8 Å². The molecule has 1 unspecified atom stereocenters. The fourth-order valence-electron chi connectivity index (χ4n) is 3.09. The van der Waals surface area contributed by atoms with Crippen molar-refractivity contribution in [1.82, 2.24) is 14.7 Å². The number of hydrogen-bond acceptors (Lipinski definition) is 6. The molecule has 1 heterocycles. The van der Waals surface area contributed by atoms with Gasteiger partial charge < -0.3 is 13.9 Å². The third kappa shape index (κ3) is 6.47. The van der Waals surface area contributed by atoms with Gasteiger partial charge in [0.05, 0.1) is 25.2 Å². The predicted molar refractivity (Wildman–Crippen MR) is 99.8 cm³/mol. The van der Waals surface area contributed by atoms with Crippen molar-refractivity contribution in [2.45, 2.75) is 45.1 Å². The summed E-state index contributed by atoms with van der Waals surface area (Å²) in [5.74, 6) is 0.489. The summed E-state index contributed by atoms with van der Waals surface area (Å²) in [5.41, 5.74) is 0. The van der Waals surface area contributed by atoms with Crippen LogP contribution in [-0.4, -0.2) is 80.5 Å². The summed E-state index contributed by atoms with van der Waals surface area (Å²) in [4.78, 5) is 18.1. The number of nitrogens with zero attached hydrogens (tertiary/aromatic N) is 4. The molecule has 7 nitrogen and oxygen atoms in total. The lowest BCUT2D eigenvalue weighted by molar-refractivity contribution is -0.130. The van der Waals surface area contributed by atoms with Crippen LogP contribution in [-0.2, 0) is 13.8 Å². The Kier molecular flexibility index (Phi) is 9.84. The van der Waals surface area contributed by atoms with Crippen LogP contribution >= 0.6 is 8.38 Å². The van der Waals surface area contributed by atoms with E-state index in [0.29, 0.717) is 31.9 Å². The van der Waals surface area contributed by atoms with Crippen molar-refractivity contribution in [3.63, 3.8) is 0 Å². The first-order valence-electron chi connectivity index (χ1n) is 8.92. The van der Waals surface area contributed by atoms with E-state index in [1.165, 1.54) is 0 Å². The standard InChI is InChI=1S/C17H33N4O3P/c1-7-14-12-21(16(22)8-2)13-15(14)24-25(23-11-9-10-18)17(19(3)4)20(5)6/h14-15,17H,7-9,11-13H2,1-6H3/t14-,15-,25?/m1/s1. The number of carbonyl (C=O) groups is 1. The summed E-state index contributed by atoms with van der Waals surface area (Å²) < 4.78 is 12.4. The second-order valence-corrected chi connectivity index (χ2v) is 8.27. The van der Waals surface area contributed by atoms with Crippen molar-refractivity contribution in [3.05, 3.63) is 0 Å². The van der Waals surface area contributed by atoms with Gasteiger partial charge in [-0.05, 0) is 34.6 Å². The Balaban J connectivity index is 2.87. The summed E-state index contributed by atoms with van der Waals surface area (Å²) in [7, 11) is 6.75. The molecule has 1 saturated heterocycles. The Labute approximate surface area is 153 Å². The average Bonchev–Trinajstić information content (AvgIpc) is 2.96. The quantitative estimate of drug-likeness (QED) is 0.333. The molecule has 8 heteroatoms. The molecule has 0 aromatic rings. The third-order valence-electron chi connectivity index (χ3n) is 4.34. The van der Waals surface area contributed by atoms with E-state index in [0.717, 1.165) is 13.0 Å². The van der Waals surface area contributed by atoms with Crippen molar-refractivity contribution in [2.75, 3.05) is 47.9 Å². The molecule has 0 saturated carbocycles. The molecule has 0 spiro atoms. The van der Waals surface area contributed by atoms with Gasteiger partial charge in [-0.25, -0.2) is 0 Å². The molecule has 1 rings (SSSR count). The summed E-state index contributed by atoms with van der Waals surface area (Å²) in [6.45, 7) is 5.77. The average molecular weight is 372 g/mol. The van der Waals surface area contributed by atoms with Crippen LogP contribution in [0.2, 0.25) is 0 Å². The molecule has 0 bridgehead atoms. The Hall–Kier alpha value is -0.770. The molecule has 0 N–H and O–H groups in total. The fraction of sp³-hybridized carbons (Fsp3) is 0.882. The van der Waals surface area contributed by atoms with Crippen LogP contribution in [0.1, 0.15) is 33.1 Å². The van der Waals surface area contributed by atoms with Crippen molar-refractivity contribution in [1.29, 1.82) is 5.26 Å². The van der Waals surface area contributed by atoms with Crippen LogP contribution in [0.3, 0.4) is 0 Å². The highest BCUT2D eigenvalue weighted by molar-refractivity contribution is 7.47. The van der Waals surface area contributed by atoms with Crippen LogP contribution in [0.25, 0.3) is 0 Å². The van der Waals surface area contributed by atoms with E-state index >= 15 is 0 Å². The number of rotatable bonds is 10. The zero-order valence-electron chi connectivity index (χ0n) is 16.4. The molecule has 25 heavy (non-hydrogen) atoms. The number of likely N-dealkylation sites (tertiary alicyclic amines) is 1. The lowest BCUT2D eigenvalue weighted by Gasteiger charge is -2.37. The Morgan fingerprint density at radius 1 is 1.28 bits per heavy atom. The zero-order chi connectivity index (χ0) is 19.0. The van der Waals surface area contributed by atoms with Gasteiger partial charge in [0, 0.05) is 25.4 Å². The largest absolute Gasteiger partial charge is 0.340 e. The lowest BCUT2D eigenvalue weighted by Crippen LogP contribution is -2.41. The van der Waals surface area contributed by atoms with Gasteiger partial charge in [-0.3, -0.25) is 14.6 Å². The van der Waals surface area contributed by atoms with Crippen LogP contribution in [0, 0.1) is 17.2 Å². The van der Waals surface area contributed by atoms with E-state index in [4.69, 9.17) is 14.3 Å². The topological polar surface area (TPSA) is 69.0 Å². The van der Waals surface area contributed by atoms with Gasteiger partial charge in [0.15, 0.2) is 0 Å². The molecular formula is C17H33N4O3P. The minimum absolute atomic E-state index is 0.0119. The molecule has 3 atom stereocenters. The second-order valence-electron chi connectivity index (χ2n) is 6.76. The predicted octanol–water partition coefficient (Wildman–Crippen LogP) is 2.30. The Morgan fingerprint density at radius 2 is 1.92 bits per heavy atom. The summed E-state index contributed by atoms with van der Waals surface area (Å²) in [6, 6.07) is 2.11. The first-order valence-corrected chi connectivity index (χ1v) is 10.2. The zero-order valence-corrected chi connectivity index (χ0v) is 17.3. The van der Waals surface area contributed by atoms with E-state index in [1.54, 1.807) is 0 Å². The molecule has 1 aliphatic heterocycles. The molecule has 0 aromatic carbocycles. The maximum Gasteiger partial charge on any atom is 0.222 e. The lowest BCUT2D eigenvalue weighted by atomic mass is 10.0. The van der Waals surface area contributed by atoms with Gasteiger partial charge in [0.25, 0.3) is 0 Å². The van der Waals surface area contributed by atoms with Crippen molar-refractivity contribution >= 4 is 14.3 Å². The summed E-state index contributed by atoms with van der Waals surface area (Å²) >= 11 is 0. The molecule has 1 amide bonds. The number of nitriles is 1. The highest BCUT2D eigenvalue weighted by atomic mass is 31.2. The van der Waals surface area contributed by atoms with Crippen LogP contribution in [0.4, 0.5) is 0 Å². The van der Waals surface area contributed by atoms with E-state index in [9.17, 15) is 4.79 Å². The molecular weight excluding hydrogens is 339 g/mol. The van der Waals surface area contributed by atoms with Gasteiger partial charge in [-0.2, -0.15) is 5.26 Å². The highest BCUT2D eigenvalue weighted by Gasteiger charge is 2.39. The first-order chi connectivity index (χ1) is 11.8. The van der Waals surface area contributed by atoms with Gasteiger partial charge in [-0.15, -0.1) is 0 Å². The van der Waals surface area contributed by atoms with Crippen LogP contribution < -0.4 is 0 Å². The Bertz CT molecular complexity index is 448. The smallest absolute Gasteiger partial charge is 0.222 e. The molecule has 144 valence electrons. The van der Waals surface area contributed by atoms with Gasteiger partial charge >= 0.3 is 0 Å². The first kappa shape index (κ1) is 22.3. The van der Waals surface area contributed by atoms with E-state index in [1.807, 2.05) is 40.0 Å². The minimum atomic E-state index is -1.24. The Morgan fingerprint density at radius 3 is 2.40 bits per heavy atom. The second kappa shape index (κ2) is 11.1. The monoisotopic (exact) mass is 372 g/mol. The fourth-order valence-corrected chi connectivity index (χ4v) is 4.92. The summed E-state index contributed by atoms with van der Waals surface area (Å²) in [5, 5.41) is 8.79. The van der Waals surface area contributed by atoms with E-state index in [-0.39, 0.29) is 17.9 Å². The van der Waals surface area contributed by atoms with Gasteiger partial charge in [0.1, 0.15) is 5.91 Å². The normalized spacial score (nSPS) is 22.0. The molecule has 1 fully saturated rings. The number of amides is 1. The molecule has 0 radical (unpaired) electrons. The highest BCUT2D eigenvalue weighted by Crippen LogP contribution is 2.48. The van der Waals surface area contributed by atoms with Crippen molar-refractivity contribution in [3.8, 4) is 6.07 Å². The minimum Gasteiger partial charge on any atom is -0.340 e. The SMILES string of the molecule is CCC(=O)N1C[C@@H](CC)[C@H](OP(OCCC#N)C(N(C)C)N(C)C)C1. The van der Waals surface area contributed by atoms with Gasteiger partial charge in [-0.1, -0.05) is 13.8 Å².